The molecule has 0 unspecified atom stereocenters. The van der Waals surface area contributed by atoms with E-state index >= 15 is 0 Å². The van der Waals surface area contributed by atoms with Gasteiger partial charge in [0.05, 0.1) is 5.69 Å². The van der Waals surface area contributed by atoms with Crippen LogP contribution in [0.3, 0.4) is 0 Å². The molecule has 0 fully saturated rings. The quantitative estimate of drug-likeness (QED) is 0.886. The monoisotopic (exact) mass is 251 g/mol. The van der Waals surface area contributed by atoms with Crippen LogP contribution in [0.15, 0.2) is 23.6 Å². The Bertz CT molecular complexity index is 543. The van der Waals surface area contributed by atoms with E-state index in [0.29, 0.717) is 11.3 Å². The van der Waals surface area contributed by atoms with Crippen molar-refractivity contribution in [2.75, 3.05) is 0 Å². The predicted molar refractivity (Wildman–Crippen MR) is 67.5 cm³/mol. The molecule has 2 rings (SSSR count). The number of benzene rings is 1. The number of hydrogen-bond donors (Lipinski definition) is 1. The molecule has 4 heteroatoms. The molecule has 1 N–H and O–H groups in total. The van der Waals surface area contributed by atoms with Crippen LogP contribution in [0.25, 0.3) is 10.6 Å². The maximum Gasteiger partial charge on any atom is 0.126 e. The molecule has 0 atom stereocenters. The van der Waals surface area contributed by atoms with Gasteiger partial charge in [-0.05, 0) is 44.5 Å². The molecule has 0 aliphatic heterocycles. The lowest BCUT2D eigenvalue weighted by molar-refractivity contribution is 0.0746. The first-order valence-corrected chi connectivity index (χ1v) is 6.21. The second-order valence-corrected chi connectivity index (χ2v) is 5.42. The number of halogens is 1. The summed E-state index contributed by atoms with van der Waals surface area (Å²) < 4.78 is 13.2. The van der Waals surface area contributed by atoms with Crippen LogP contribution in [-0.2, 0) is 5.60 Å². The Morgan fingerprint density at radius 2 is 2.06 bits per heavy atom. The third-order valence-electron chi connectivity index (χ3n) is 2.54. The van der Waals surface area contributed by atoms with Gasteiger partial charge in [-0.1, -0.05) is 0 Å². The zero-order chi connectivity index (χ0) is 12.6. The normalized spacial score (nSPS) is 11.8. The Morgan fingerprint density at radius 3 is 2.59 bits per heavy atom. The van der Waals surface area contributed by atoms with Crippen molar-refractivity contribution in [1.29, 1.82) is 0 Å². The third kappa shape index (κ3) is 2.53. The summed E-state index contributed by atoms with van der Waals surface area (Å²) in [5.74, 6) is -0.215. The van der Waals surface area contributed by atoms with E-state index in [2.05, 4.69) is 4.98 Å². The fourth-order valence-electron chi connectivity index (χ4n) is 1.47. The SMILES string of the molecule is Cc1cc(-c2nc(C(C)(C)O)cs2)ccc1F. The van der Waals surface area contributed by atoms with Crippen molar-refractivity contribution in [2.24, 2.45) is 0 Å². The summed E-state index contributed by atoms with van der Waals surface area (Å²) >= 11 is 1.45. The molecule has 0 bridgehead atoms. The van der Waals surface area contributed by atoms with Crippen LogP contribution in [0.1, 0.15) is 25.1 Å². The van der Waals surface area contributed by atoms with Crippen molar-refractivity contribution < 1.29 is 9.50 Å². The number of aromatic nitrogens is 1. The Morgan fingerprint density at radius 1 is 1.35 bits per heavy atom. The summed E-state index contributed by atoms with van der Waals surface area (Å²) in [6.07, 6.45) is 0. The molecule has 0 aliphatic carbocycles. The van der Waals surface area contributed by atoms with Gasteiger partial charge in [0, 0.05) is 10.9 Å². The Balaban J connectivity index is 2.40. The first-order valence-electron chi connectivity index (χ1n) is 5.33. The molecule has 0 saturated heterocycles. The predicted octanol–water partition coefficient (Wildman–Crippen LogP) is 3.49. The molecule has 1 aromatic carbocycles. The van der Waals surface area contributed by atoms with Gasteiger partial charge in [0.1, 0.15) is 16.4 Å². The maximum atomic E-state index is 13.2. The number of thiazole rings is 1. The second-order valence-electron chi connectivity index (χ2n) is 4.56. The Hall–Kier alpha value is -1.26. The molecule has 0 amide bonds. The van der Waals surface area contributed by atoms with E-state index < -0.39 is 5.60 Å². The van der Waals surface area contributed by atoms with E-state index in [-0.39, 0.29) is 5.82 Å². The van der Waals surface area contributed by atoms with Gasteiger partial charge in [0.2, 0.25) is 0 Å². The fourth-order valence-corrected chi connectivity index (χ4v) is 2.44. The van der Waals surface area contributed by atoms with Gasteiger partial charge in [-0.25, -0.2) is 9.37 Å². The average Bonchev–Trinajstić information content (AvgIpc) is 2.70. The minimum atomic E-state index is -0.941. The minimum Gasteiger partial charge on any atom is -0.384 e. The molecule has 2 nitrogen and oxygen atoms in total. The summed E-state index contributed by atoms with van der Waals surface area (Å²) in [6, 6.07) is 4.91. The van der Waals surface area contributed by atoms with Crippen LogP contribution >= 0.6 is 11.3 Å². The largest absolute Gasteiger partial charge is 0.384 e. The first kappa shape index (κ1) is 12.2. The lowest BCUT2D eigenvalue weighted by Crippen LogP contribution is -2.15. The summed E-state index contributed by atoms with van der Waals surface area (Å²) in [5, 5.41) is 12.5. The average molecular weight is 251 g/mol. The van der Waals surface area contributed by atoms with Crippen LogP contribution < -0.4 is 0 Å². The lowest BCUT2D eigenvalue weighted by Gasteiger charge is -2.13. The van der Waals surface area contributed by atoms with Crippen LogP contribution in [0.4, 0.5) is 4.39 Å². The first-order chi connectivity index (χ1) is 7.88. The molecule has 17 heavy (non-hydrogen) atoms. The molecule has 0 aliphatic rings. The van der Waals surface area contributed by atoms with E-state index in [9.17, 15) is 9.50 Å². The van der Waals surface area contributed by atoms with Gasteiger partial charge in [-0.15, -0.1) is 11.3 Å². The Labute approximate surface area is 104 Å². The second kappa shape index (κ2) is 4.20. The Kier molecular flexibility index (Phi) is 3.02. The van der Waals surface area contributed by atoms with Crippen LogP contribution in [-0.4, -0.2) is 10.1 Å². The van der Waals surface area contributed by atoms with E-state index in [0.717, 1.165) is 10.6 Å². The van der Waals surface area contributed by atoms with Crippen LogP contribution in [0.2, 0.25) is 0 Å². The van der Waals surface area contributed by atoms with Gasteiger partial charge in [-0.2, -0.15) is 0 Å². The van der Waals surface area contributed by atoms with Crippen molar-refractivity contribution in [3.8, 4) is 10.6 Å². The van der Waals surface area contributed by atoms with E-state index in [4.69, 9.17) is 0 Å². The van der Waals surface area contributed by atoms with Crippen molar-refractivity contribution >= 4 is 11.3 Å². The summed E-state index contributed by atoms with van der Waals surface area (Å²) in [7, 11) is 0. The van der Waals surface area contributed by atoms with Crippen LogP contribution in [0.5, 0.6) is 0 Å². The number of hydrogen-bond acceptors (Lipinski definition) is 3. The lowest BCUT2D eigenvalue weighted by atomic mass is 10.1. The molecule has 2 aromatic rings. The van der Waals surface area contributed by atoms with Gasteiger partial charge in [0.25, 0.3) is 0 Å². The van der Waals surface area contributed by atoms with Crippen molar-refractivity contribution in [1.82, 2.24) is 4.98 Å². The fraction of sp³-hybridized carbons (Fsp3) is 0.308. The van der Waals surface area contributed by atoms with Gasteiger partial charge in [-0.3, -0.25) is 0 Å². The highest BCUT2D eigenvalue weighted by Crippen LogP contribution is 2.29. The highest BCUT2D eigenvalue weighted by Gasteiger charge is 2.20. The minimum absolute atomic E-state index is 0.215. The summed E-state index contributed by atoms with van der Waals surface area (Å²) in [4.78, 5) is 4.37. The smallest absolute Gasteiger partial charge is 0.126 e. The number of aliphatic hydroxyl groups is 1. The van der Waals surface area contributed by atoms with E-state index in [1.54, 1.807) is 32.9 Å². The highest BCUT2D eigenvalue weighted by molar-refractivity contribution is 7.13. The number of nitrogens with zero attached hydrogens (tertiary/aromatic N) is 1. The molecule has 0 saturated carbocycles. The van der Waals surface area contributed by atoms with Gasteiger partial charge >= 0.3 is 0 Å². The van der Waals surface area contributed by atoms with Crippen molar-refractivity contribution in [2.45, 2.75) is 26.4 Å². The summed E-state index contributed by atoms with van der Waals surface area (Å²) in [6.45, 7) is 5.12. The molecular formula is C13H14FNOS. The molecule has 1 heterocycles. The van der Waals surface area contributed by atoms with Gasteiger partial charge < -0.3 is 5.11 Å². The molecule has 90 valence electrons. The van der Waals surface area contributed by atoms with Crippen molar-refractivity contribution in [3.05, 3.63) is 40.7 Å². The summed E-state index contributed by atoms with van der Waals surface area (Å²) in [5.41, 5.74) is 1.18. The van der Waals surface area contributed by atoms with Gasteiger partial charge in [0.15, 0.2) is 0 Å². The highest BCUT2D eigenvalue weighted by atomic mass is 32.1. The van der Waals surface area contributed by atoms with E-state index in [1.807, 2.05) is 5.38 Å². The maximum absolute atomic E-state index is 13.2. The molecule has 0 radical (unpaired) electrons. The van der Waals surface area contributed by atoms with Crippen LogP contribution in [0, 0.1) is 12.7 Å². The number of rotatable bonds is 2. The van der Waals surface area contributed by atoms with E-state index in [1.165, 1.54) is 17.4 Å². The third-order valence-corrected chi connectivity index (χ3v) is 3.43. The molecule has 0 spiro atoms. The standard InChI is InChI=1S/C13H14FNOS/c1-8-6-9(4-5-10(8)14)12-15-11(7-17-12)13(2,3)16/h4-7,16H,1-3H3. The van der Waals surface area contributed by atoms with Crippen molar-refractivity contribution in [3.63, 3.8) is 0 Å². The topological polar surface area (TPSA) is 33.1 Å². The zero-order valence-electron chi connectivity index (χ0n) is 9.99. The molecular weight excluding hydrogens is 237 g/mol. The number of aryl methyl sites for hydroxylation is 1. The molecule has 1 aromatic heterocycles. The zero-order valence-corrected chi connectivity index (χ0v) is 10.8.